The Bertz CT molecular complexity index is 642. The highest BCUT2D eigenvalue weighted by Gasteiger charge is 2.09. The summed E-state index contributed by atoms with van der Waals surface area (Å²) in [6, 6.07) is 8.96. The summed E-state index contributed by atoms with van der Waals surface area (Å²) in [6.07, 6.45) is -0.793. The lowest BCUT2D eigenvalue weighted by Crippen LogP contribution is -2.14. The van der Waals surface area contributed by atoms with Crippen molar-refractivity contribution in [1.29, 1.82) is 5.26 Å². The largest absolute Gasteiger partial charge is 0.394 e. The first-order valence-corrected chi connectivity index (χ1v) is 6.92. The highest BCUT2D eigenvalue weighted by Crippen LogP contribution is 2.26. The molecule has 0 spiro atoms. The molecular formula is C13H11ClN2O2S. The Morgan fingerprint density at radius 1 is 1.42 bits per heavy atom. The number of aliphatic hydroxyl groups is 2. The summed E-state index contributed by atoms with van der Waals surface area (Å²) in [5, 5.41) is 29.1. The van der Waals surface area contributed by atoms with E-state index in [0.29, 0.717) is 32.3 Å². The minimum atomic E-state index is -0.793. The Morgan fingerprint density at radius 2 is 2.21 bits per heavy atom. The summed E-state index contributed by atoms with van der Waals surface area (Å²) in [4.78, 5) is 4.39. The van der Waals surface area contributed by atoms with Crippen LogP contribution in [-0.4, -0.2) is 33.7 Å². The third-order valence-electron chi connectivity index (χ3n) is 2.50. The molecule has 0 saturated heterocycles. The minimum Gasteiger partial charge on any atom is -0.394 e. The van der Waals surface area contributed by atoms with E-state index in [9.17, 15) is 5.11 Å². The Labute approximate surface area is 119 Å². The number of rotatable bonds is 4. The molecular weight excluding hydrogens is 284 g/mol. The summed E-state index contributed by atoms with van der Waals surface area (Å²) in [5.41, 5.74) is 1.18. The first kappa shape index (κ1) is 14.1. The summed E-state index contributed by atoms with van der Waals surface area (Å²) in [6.45, 7) is -0.290. The van der Waals surface area contributed by atoms with Crippen molar-refractivity contribution in [2.45, 2.75) is 11.1 Å². The predicted molar refractivity (Wildman–Crippen MR) is 75.3 cm³/mol. The Kier molecular flexibility index (Phi) is 4.61. The molecule has 0 aliphatic rings. The molecule has 0 radical (unpaired) electrons. The Morgan fingerprint density at radius 3 is 2.89 bits per heavy atom. The lowest BCUT2D eigenvalue weighted by Gasteiger charge is -2.08. The number of fused-ring (bicyclic) bond motifs is 1. The fraction of sp³-hybridized carbons (Fsp3) is 0.231. The number of benzene rings is 1. The van der Waals surface area contributed by atoms with Crippen LogP contribution in [0.5, 0.6) is 0 Å². The number of halogens is 1. The smallest absolute Gasteiger partial charge is 0.0999 e. The van der Waals surface area contributed by atoms with E-state index < -0.39 is 6.10 Å². The topological polar surface area (TPSA) is 77.1 Å². The average molecular weight is 295 g/mol. The second-order valence-corrected chi connectivity index (χ2v) is 5.41. The maximum atomic E-state index is 9.31. The summed E-state index contributed by atoms with van der Waals surface area (Å²) in [5.74, 6) is 0.327. The maximum Gasteiger partial charge on any atom is 0.0999 e. The number of thioether (sulfide) groups is 1. The van der Waals surface area contributed by atoms with Crippen LogP contribution in [0.3, 0.4) is 0 Å². The first-order valence-electron chi connectivity index (χ1n) is 5.56. The van der Waals surface area contributed by atoms with E-state index in [1.165, 1.54) is 11.8 Å². The van der Waals surface area contributed by atoms with Gasteiger partial charge in [0, 0.05) is 16.2 Å². The van der Waals surface area contributed by atoms with E-state index in [2.05, 4.69) is 11.1 Å². The number of nitriles is 1. The van der Waals surface area contributed by atoms with Crippen LogP contribution in [0.2, 0.25) is 5.02 Å². The quantitative estimate of drug-likeness (QED) is 0.845. The van der Waals surface area contributed by atoms with E-state index in [-0.39, 0.29) is 6.61 Å². The van der Waals surface area contributed by atoms with Crippen molar-refractivity contribution in [2.75, 3.05) is 12.4 Å². The van der Waals surface area contributed by atoms with Crippen molar-refractivity contribution in [1.82, 2.24) is 4.98 Å². The van der Waals surface area contributed by atoms with Crippen molar-refractivity contribution < 1.29 is 10.2 Å². The molecule has 0 aliphatic heterocycles. The molecule has 0 unspecified atom stereocenters. The van der Waals surface area contributed by atoms with Crippen LogP contribution in [0, 0.1) is 11.3 Å². The van der Waals surface area contributed by atoms with Gasteiger partial charge < -0.3 is 10.2 Å². The fourth-order valence-corrected chi connectivity index (χ4v) is 2.58. The van der Waals surface area contributed by atoms with Crippen LogP contribution in [0.1, 0.15) is 5.56 Å². The molecule has 2 rings (SSSR count). The Hall–Kier alpha value is -1.32. The van der Waals surface area contributed by atoms with Crippen LogP contribution in [0.25, 0.3) is 10.9 Å². The maximum absolute atomic E-state index is 9.31. The second kappa shape index (κ2) is 6.22. The molecule has 98 valence electrons. The molecule has 6 heteroatoms. The zero-order valence-electron chi connectivity index (χ0n) is 9.88. The molecule has 1 atom stereocenters. The molecule has 19 heavy (non-hydrogen) atoms. The lowest BCUT2D eigenvalue weighted by atomic mass is 10.1. The van der Waals surface area contributed by atoms with E-state index >= 15 is 0 Å². The van der Waals surface area contributed by atoms with Gasteiger partial charge in [-0.25, -0.2) is 4.98 Å². The van der Waals surface area contributed by atoms with E-state index in [0.717, 1.165) is 0 Å². The van der Waals surface area contributed by atoms with Gasteiger partial charge in [0.1, 0.15) is 0 Å². The van der Waals surface area contributed by atoms with Crippen molar-refractivity contribution in [2.24, 2.45) is 0 Å². The van der Waals surface area contributed by atoms with E-state index in [1.807, 2.05) is 0 Å². The molecule has 4 nitrogen and oxygen atoms in total. The van der Waals surface area contributed by atoms with E-state index in [4.69, 9.17) is 22.0 Å². The zero-order valence-corrected chi connectivity index (χ0v) is 11.4. The SMILES string of the molecule is N#Cc1cc(SC[C@H](O)CO)nc2ccc(Cl)cc12. The fourth-order valence-electron chi connectivity index (χ4n) is 1.57. The summed E-state index contributed by atoms with van der Waals surface area (Å²) in [7, 11) is 0. The van der Waals surface area contributed by atoms with Gasteiger partial charge in [0.2, 0.25) is 0 Å². The molecule has 0 saturated carbocycles. The monoisotopic (exact) mass is 294 g/mol. The first-order chi connectivity index (χ1) is 9.13. The van der Waals surface area contributed by atoms with Crippen LogP contribution in [-0.2, 0) is 0 Å². The minimum absolute atomic E-state index is 0.290. The highest BCUT2D eigenvalue weighted by molar-refractivity contribution is 7.99. The standard InChI is InChI=1S/C13H11ClN2O2S/c14-9-1-2-12-11(4-9)8(5-15)3-13(16-12)19-7-10(18)6-17/h1-4,10,17-18H,6-7H2/t10-/m1/s1. The number of hydrogen-bond acceptors (Lipinski definition) is 5. The number of nitrogens with zero attached hydrogens (tertiary/aromatic N) is 2. The van der Waals surface area contributed by atoms with Gasteiger partial charge >= 0.3 is 0 Å². The number of hydrogen-bond donors (Lipinski definition) is 2. The van der Waals surface area contributed by atoms with Crippen molar-refractivity contribution in [3.63, 3.8) is 0 Å². The van der Waals surface area contributed by atoms with Crippen LogP contribution in [0.4, 0.5) is 0 Å². The van der Waals surface area contributed by atoms with Gasteiger partial charge in [0.05, 0.1) is 34.9 Å². The lowest BCUT2D eigenvalue weighted by molar-refractivity contribution is 0.113. The van der Waals surface area contributed by atoms with Crippen LogP contribution >= 0.6 is 23.4 Å². The summed E-state index contributed by atoms with van der Waals surface area (Å²) >= 11 is 7.20. The molecule has 0 fully saturated rings. The van der Waals surface area contributed by atoms with Gasteiger partial charge in [-0.05, 0) is 24.3 Å². The molecule has 1 aromatic heterocycles. The van der Waals surface area contributed by atoms with Crippen molar-refractivity contribution >= 4 is 34.3 Å². The van der Waals surface area contributed by atoms with Gasteiger partial charge in [-0.2, -0.15) is 5.26 Å². The zero-order chi connectivity index (χ0) is 13.8. The van der Waals surface area contributed by atoms with Crippen LogP contribution in [0.15, 0.2) is 29.3 Å². The Balaban J connectivity index is 2.37. The van der Waals surface area contributed by atoms with Gasteiger partial charge in [-0.3, -0.25) is 0 Å². The third-order valence-corrected chi connectivity index (χ3v) is 3.79. The van der Waals surface area contributed by atoms with Gasteiger partial charge in [0.15, 0.2) is 0 Å². The molecule has 0 amide bonds. The predicted octanol–water partition coefficient (Wildman–Crippen LogP) is 2.21. The number of aromatic nitrogens is 1. The third kappa shape index (κ3) is 3.37. The second-order valence-electron chi connectivity index (χ2n) is 3.93. The highest BCUT2D eigenvalue weighted by atomic mass is 35.5. The van der Waals surface area contributed by atoms with Crippen molar-refractivity contribution in [3.05, 3.63) is 34.9 Å². The molecule has 2 aromatic rings. The van der Waals surface area contributed by atoms with Crippen LogP contribution < -0.4 is 0 Å². The molecule has 0 aliphatic carbocycles. The average Bonchev–Trinajstić information content (AvgIpc) is 2.43. The number of aliphatic hydroxyl groups excluding tert-OH is 2. The summed E-state index contributed by atoms with van der Waals surface area (Å²) < 4.78 is 0. The van der Waals surface area contributed by atoms with Gasteiger partial charge in [0.25, 0.3) is 0 Å². The van der Waals surface area contributed by atoms with E-state index in [1.54, 1.807) is 24.3 Å². The van der Waals surface area contributed by atoms with Crippen molar-refractivity contribution in [3.8, 4) is 6.07 Å². The number of pyridine rings is 1. The van der Waals surface area contributed by atoms with Gasteiger partial charge in [-0.1, -0.05) is 11.6 Å². The molecule has 1 aromatic carbocycles. The van der Waals surface area contributed by atoms with Gasteiger partial charge in [-0.15, -0.1) is 11.8 Å². The normalized spacial score (nSPS) is 12.3. The molecule has 2 N–H and O–H groups in total. The molecule has 0 bridgehead atoms. The molecule has 1 heterocycles.